The number of rotatable bonds is 4. The molecule has 0 atom stereocenters. The van der Waals surface area contributed by atoms with E-state index in [0.29, 0.717) is 0 Å². The lowest BCUT2D eigenvalue weighted by Gasteiger charge is -2.01. The molecule has 0 aliphatic heterocycles. The molecule has 0 spiro atoms. The third kappa shape index (κ3) is 5.05. The van der Waals surface area contributed by atoms with Gasteiger partial charge in [0, 0.05) is 18.1 Å². The molecule has 2 aromatic heterocycles. The van der Waals surface area contributed by atoms with E-state index in [0.717, 1.165) is 44.3 Å². The van der Waals surface area contributed by atoms with Crippen LogP contribution in [0, 0.1) is 0 Å². The highest BCUT2D eigenvalue weighted by molar-refractivity contribution is 7.13. The van der Waals surface area contributed by atoms with E-state index in [2.05, 4.69) is 64.9 Å². The lowest BCUT2D eigenvalue weighted by Crippen LogP contribution is -2.18. The van der Waals surface area contributed by atoms with Gasteiger partial charge in [-0.1, -0.05) is 67.0 Å². The number of thiazole rings is 1. The summed E-state index contributed by atoms with van der Waals surface area (Å²) < 4.78 is 1.07. The van der Waals surface area contributed by atoms with Gasteiger partial charge in [-0.15, -0.1) is 0 Å². The van der Waals surface area contributed by atoms with E-state index in [4.69, 9.17) is 5.11 Å². The van der Waals surface area contributed by atoms with Gasteiger partial charge in [-0.05, 0) is 35.4 Å². The van der Waals surface area contributed by atoms with Crippen molar-refractivity contribution in [1.82, 2.24) is 9.97 Å². The summed E-state index contributed by atoms with van der Waals surface area (Å²) in [6, 6.07) is 20.6. The van der Waals surface area contributed by atoms with Gasteiger partial charge in [-0.3, -0.25) is 4.98 Å². The predicted molar refractivity (Wildman–Crippen MR) is 119 cm³/mol. The zero-order valence-corrected chi connectivity index (χ0v) is 16.2. The van der Waals surface area contributed by atoms with Gasteiger partial charge in [0.1, 0.15) is 0 Å². The Bertz CT molecular complexity index is 1170. The molecule has 0 unspecified atom stereocenters. The van der Waals surface area contributed by atoms with E-state index in [1.54, 1.807) is 11.3 Å². The average Bonchev–Trinajstić information content (AvgIpc) is 3.07. The SMILES string of the molecule is C=CO.C=c1nc(NCc2ccccc2)s/c1=C\c1ccc2ncccc2c1. The molecule has 2 aromatic carbocycles. The Morgan fingerprint density at radius 2 is 1.86 bits per heavy atom. The fourth-order valence-corrected chi connectivity index (χ4v) is 3.53. The molecule has 4 rings (SSSR count). The van der Waals surface area contributed by atoms with Crippen LogP contribution in [-0.2, 0) is 6.54 Å². The summed E-state index contributed by atoms with van der Waals surface area (Å²) in [6.07, 6.45) is 4.69. The van der Waals surface area contributed by atoms with Crippen LogP contribution in [0.15, 0.2) is 79.7 Å². The molecule has 0 saturated carbocycles. The van der Waals surface area contributed by atoms with Crippen LogP contribution < -0.4 is 15.2 Å². The first-order chi connectivity index (χ1) is 13.7. The van der Waals surface area contributed by atoms with Crippen LogP contribution in [0.5, 0.6) is 0 Å². The molecule has 0 saturated heterocycles. The first-order valence-corrected chi connectivity index (χ1v) is 9.56. The fraction of sp³-hybridized carbons (Fsp3) is 0.0435. The normalized spacial score (nSPS) is 10.9. The molecule has 0 amide bonds. The number of aliphatic hydroxyl groups is 1. The topological polar surface area (TPSA) is 58.0 Å². The second-order valence-electron chi connectivity index (χ2n) is 5.95. The molecule has 28 heavy (non-hydrogen) atoms. The number of nitrogens with one attached hydrogen (secondary N) is 1. The van der Waals surface area contributed by atoms with E-state index < -0.39 is 0 Å². The van der Waals surface area contributed by atoms with E-state index in [9.17, 15) is 0 Å². The van der Waals surface area contributed by atoms with Crippen molar-refractivity contribution in [3.63, 3.8) is 0 Å². The number of aliphatic hydroxyl groups excluding tert-OH is 1. The molecule has 140 valence electrons. The summed E-state index contributed by atoms with van der Waals surface area (Å²) in [6.45, 7) is 7.75. The standard InChI is InChI=1S/C21H17N3S.C2H4O/c1-15-20(13-17-9-10-19-18(12-17)8-5-11-22-19)25-21(24-15)23-14-16-6-3-2-4-7-16;1-2-3/h2-13H,1,14H2,(H,23,24);2-3H,1H2/b20-13-;. The van der Waals surface area contributed by atoms with Gasteiger partial charge in [0.05, 0.1) is 21.7 Å². The molecule has 0 bridgehead atoms. The number of fused-ring (bicyclic) bond motifs is 1. The van der Waals surface area contributed by atoms with Gasteiger partial charge >= 0.3 is 0 Å². The Balaban J connectivity index is 0.000000706. The van der Waals surface area contributed by atoms with Crippen molar-refractivity contribution in [1.29, 1.82) is 0 Å². The van der Waals surface area contributed by atoms with Gasteiger partial charge in [-0.2, -0.15) is 0 Å². The summed E-state index contributed by atoms with van der Waals surface area (Å²) in [5.41, 5.74) is 3.36. The van der Waals surface area contributed by atoms with E-state index in [1.165, 1.54) is 5.56 Å². The van der Waals surface area contributed by atoms with Gasteiger partial charge in [0.2, 0.25) is 0 Å². The molecule has 0 fully saturated rings. The molecular formula is C23H21N3OS. The summed E-state index contributed by atoms with van der Waals surface area (Å²) in [5.74, 6) is 0. The van der Waals surface area contributed by atoms with Crippen molar-refractivity contribution in [2.75, 3.05) is 5.32 Å². The first kappa shape index (κ1) is 19.3. The number of pyridine rings is 1. The summed E-state index contributed by atoms with van der Waals surface area (Å²) in [5, 5.41) is 13.5. The number of benzene rings is 2. The highest BCUT2D eigenvalue weighted by Gasteiger charge is 2.00. The highest BCUT2D eigenvalue weighted by atomic mass is 32.1. The van der Waals surface area contributed by atoms with Crippen molar-refractivity contribution >= 4 is 40.0 Å². The van der Waals surface area contributed by atoms with Gasteiger partial charge in [-0.25, -0.2) is 4.98 Å². The minimum atomic E-state index is 0.750. The predicted octanol–water partition coefficient (Wildman–Crippen LogP) is 4.23. The summed E-state index contributed by atoms with van der Waals surface area (Å²) in [7, 11) is 0. The Morgan fingerprint density at radius 1 is 1.07 bits per heavy atom. The number of anilines is 1. The van der Waals surface area contributed by atoms with Crippen molar-refractivity contribution < 1.29 is 5.11 Å². The maximum absolute atomic E-state index is 7.33. The van der Waals surface area contributed by atoms with Crippen LogP contribution in [0.1, 0.15) is 11.1 Å². The third-order valence-corrected chi connectivity index (χ3v) is 4.94. The molecular weight excluding hydrogens is 366 g/mol. The Kier molecular flexibility index (Phi) is 6.54. The van der Waals surface area contributed by atoms with Crippen molar-refractivity contribution in [2.24, 2.45) is 0 Å². The molecule has 0 aliphatic rings. The maximum atomic E-state index is 7.33. The van der Waals surface area contributed by atoms with Crippen LogP contribution >= 0.6 is 11.3 Å². The fourth-order valence-electron chi connectivity index (χ4n) is 2.66. The van der Waals surface area contributed by atoms with Crippen molar-refractivity contribution in [3.8, 4) is 0 Å². The second kappa shape index (κ2) is 9.48. The van der Waals surface area contributed by atoms with Gasteiger partial charge < -0.3 is 10.4 Å². The molecule has 4 nitrogen and oxygen atoms in total. The first-order valence-electron chi connectivity index (χ1n) is 8.75. The average molecular weight is 388 g/mol. The minimum Gasteiger partial charge on any atom is -0.516 e. The summed E-state index contributed by atoms with van der Waals surface area (Å²) in [4.78, 5) is 8.90. The lowest BCUT2D eigenvalue weighted by atomic mass is 10.1. The molecule has 5 heteroatoms. The molecule has 0 radical (unpaired) electrons. The quantitative estimate of drug-likeness (QED) is 0.515. The smallest absolute Gasteiger partial charge is 0.184 e. The van der Waals surface area contributed by atoms with E-state index in [1.807, 2.05) is 36.5 Å². The zero-order chi connectivity index (χ0) is 19.8. The second-order valence-corrected chi connectivity index (χ2v) is 6.98. The van der Waals surface area contributed by atoms with Crippen LogP contribution in [-0.4, -0.2) is 15.1 Å². The lowest BCUT2D eigenvalue weighted by molar-refractivity contribution is 0.476. The largest absolute Gasteiger partial charge is 0.516 e. The number of aromatic nitrogens is 2. The third-order valence-electron chi connectivity index (χ3n) is 3.94. The van der Waals surface area contributed by atoms with Crippen LogP contribution in [0.4, 0.5) is 5.13 Å². The Hall–Kier alpha value is -3.44. The van der Waals surface area contributed by atoms with E-state index in [-0.39, 0.29) is 0 Å². The molecule has 2 heterocycles. The maximum Gasteiger partial charge on any atom is 0.184 e. The molecule has 2 N–H and O–H groups in total. The van der Waals surface area contributed by atoms with Gasteiger partial charge in [0.15, 0.2) is 5.13 Å². The van der Waals surface area contributed by atoms with Crippen molar-refractivity contribution in [3.05, 3.63) is 101 Å². The Morgan fingerprint density at radius 3 is 2.64 bits per heavy atom. The van der Waals surface area contributed by atoms with Crippen molar-refractivity contribution in [2.45, 2.75) is 6.54 Å². The number of hydrogen-bond donors (Lipinski definition) is 2. The minimum absolute atomic E-state index is 0.750. The molecule has 0 aliphatic carbocycles. The summed E-state index contributed by atoms with van der Waals surface area (Å²) >= 11 is 1.62. The molecule has 4 aromatic rings. The zero-order valence-electron chi connectivity index (χ0n) is 15.4. The van der Waals surface area contributed by atoms with Gasteiger partial charge in [0.25, 0.3) is 0 Å². The Labute approximate surface area is 167 Å². The van der Waals surface area contributed by atoms with Crippen LogP contribution in [0.2, 0.25) is 0 Å². The monoisotopic (exact) mass is 387 g/mol. The number of nitrogens with zero attached hydrogens (tertiary/aromatic N) is 2. The van der Waals surface area contributed by atoms with Crippen LogP contribution in [0.3, 0.4) is 0 Å². The highest BCUT2D eigenvalue weighted by Crippen LogP contribution is 2.14. The number of hydrogen-bond acceptors (Lipinski definition) is 5. The van der Waals surface area contributed by atoms with E-state index >= 15 is 0 Å². The van der Waals surface area contributed by atoms with Crippen LogP contribution in [0.25, 0.3) is 23.6 Å².